The van der Waals surface area contributed by atoms with Gasteiger partial charge in [-0.3, -0.25) is 0 Å². The van der Waals surface area contributed by atoms with Gasteiger partial charge in [0.2, 0.25) is 0 Å². The third-order valence-electron chi connectivity index (χ3n) is 2.55. The monoisotopic (exact) mass is 363 g/mol. The van der Waals surface area contributed by atoms with Crippen molar-refractivity contribution >= 4 is 31.9 Å². The molecule has 1 aromatic rings. The molecule has 2 nitrogen and oxygen atoms in total. The first-order valence-corrected chi connectivity index (χ1v) is 7.84. The number of likely N-dealkylation sites (N-methyl/N-ethyl adjacent to an activating group) is 1. The zero-order valence-electron chi connectivity index (χ0n) is 10.2. The van der Waals surface area contributed by atoms with Crippen LogP contribution in [0.5, 0.6) is 5.75 Å². The molecular weight excluding hydrogens is 346 g/mol. The van der Waals surface area contributed by atoms with Gasteiger partial charge >= 0.3 is 0 Å². The Bertz CT molecular complexity index is 303. The summed E-state index contributed by atoms with van der Waals surface area (Å²) in [4.78, 5) is 2.40. The lowest BCUT2D eigenvalue weighted by Gasteiger charge is -2.19. The fraction of sp³-hybridized carbons (Fsp3) is 0.538. The Morgan fingerprint density at radius 3 is 2.47 bits per heavy atom. The molecule has 96 valence electrons. The normalized spacial score (nSPS) is 10.8. The van der Waals surface area contributed by atoms with Crippen LogP contribution in [0.15, 0.2) is 28.7 Å². The van der Waals surface area contributed by atoms with Gasteiger partial charge in [0.05, 0.1) is 0 Å². The van der Waals surface area contributed by atoms with E-state index in [0.717, 1.165) is 41.8 Å². The Balaban J connectivity index is 2.23. The second-order valence-electron chi connectivity index (χ2n) is 3.78. The predicted octanol–water partition coefficient (Wildman–Crippen LogP) is 3.93. The summed E-state index contributed by atoms with van der Waals surface area (Å²) >= 11 is 6.86. The van der Waals surface area contributed by atoms with Gasteiger partial charge in [0.1, 0.15) is 12.4 Å². The second-order valence-corrected chi connectivity index (χ2v) is 5.49. The van der Waals surface area contributed by atoms with E-state index in [1.54, 1.807) is 0 Å². The fourth-order valence-corrected chi connectivity index (χ4v) is 2.05. The molecule has 0 heterocycles. The predicted molar refractivity (Wildman–Crippen MR) is 80.2 cm³/mol. The number of ether oxygens (including phenoxy) is 1. The highest BCUT2D eigenvalue weighted by Gasteiger charge is 2.01. The van der Waals surface area contributed by atoms with Gasteiger partial charge in [0.15, 0.2) is 0 Å². The number of hydrogen-bond acceptors (Lipinski definition) is 2. The number of alkyl halides is 1. The summed E-state index contributed by atoms with van der Waals surface area (Å²) in [6.45, 7) is 6.13. The van der Waals surface area contributed by atoms with Crippen LogP contribution in [-0.2, 0) is 0 Å². The summed E-state index contributed by atoms with van der Waals surface area (Å²) < 4.78 is 6.78. The molecule has 0 aliphatic rings. The lowest BCUT2D eigenvalue weighted by Crippen LogP contribution is -2.29. The van der Waals surface area contributed by atoms with Crippen LogP contribution in [0.4, 0.5) is 0 Å². The Kier molecular flexibility index (Phi) is 7.90. The molecule has 0 atom stereocenters. The van der Waals surface area contributed by atoms with Gasteiger partial charge in [-0.15, -0.1) is 0 Å². The van der Waals surface area contributed by atoms with Crippen LogP contribution in [0.3, 0.4) is 0 Å². The average molecular weight is 365 g/mol. The molecule has 0 aliphatic carbocycles. The quantitative estimate of drug-likeness (QED) is 0.648. The SMILES string of the molecule is CCN(CCCBr)CCOc1ccc(Br)cc1. The summed E-state index contributed by atoms with van der Waals surface area (Å²) in [6.07, 6.45) is 1.19. The van der Waals surface area contributed by atoms with Crippen molar-refractivity contribution in [1.29, 1.82) is 0 Å². The molecule has 1 aromatic carbocycles. The smallest absolute Gasteiger partial charge is 0.119 e. The van der Waals surface area contributed by atoms with Gasteiger partial charge in [-0.25, -0.2) is 0 Å². The molecule has 0 saturated carbocycles. The second kappa shape index (κ2) is 8.95. The van der Waals surface area contributed by atoms with Gasteiger partial charge in [-0.05, 0) is 43.8 Å². The van der Waals surface area contributed by atoms with Crippen LogP contribution >= 0.6 is 31.9 Å². The van der Waals surface area contributed by atoms with Crippen LogP contribution < -0.4 is 4.74 Å². The van der Waals surface area contributed by atoms with E-state index in [2.05, 4.69) is 43.7 Å². The van der Waals surface area contributed by atoms with Crippen molar-refractivity contribution in [1.82, 2.24) is 4.90 Å². The van der Waals surface area contributed by atoms with Gasteiger partial charge < -0.3 is 9.64 Å². The number of halogens is 2. The Hall–Kier alpha value is -0.0600. The molecule has 0 saturated heterocycles. The van der Waals surface area contributed by atoms with E-state index in [4.69, 9.17) is 4.74 Å². The van der Waals surface area contributed by atoms with Gasteiger partial charge in [-0.1, -0.05) is 38.8 Å². The molecule has 0 bridgehead atoms. The zero-order valence-corrected chi connectivity index (χ0v) is 13.3. The fourth-order valence-electron chi connectivity index (χ4n) is 1.53. The highest BCUT2D eigenvalue weighted by molar-refractivity contribution is 9.10. The van der Waals surface area contributed by atoms with Crippen molar-refractivity contribution in [3.8, 4) is 5.75 Å². The standard InChI is InChI=1S/C13H19Br2NO/c1-2-16(9-3-8-14)10-11-17-13-6-4-12(15)5-7-13/h4-7H,2-3,8-11H2,1H3. The van der Waals surface area contributed by atoms with Crippen molar-refractivity contribution in [2.45, 2.75) is 13.3 Å². The lowest BCUT2D eigenvalue weighted by molar-refractivity contribution is 0.216. The number of hydrogen-bond donors (Lipinski definition) is 0. The Labute approximate surface area is 121 Å². The minimum Gasteiger partial charge on any atom is -0.492 e. The van der Waals surface area contributed by atoms with Crippen LogP contribution in [0, 0.1) is 0 Å². The third kappa shape index (κ3) is 6.43. The van der Waals surface area contributed by atoms with E-state index in [-0.39, 0.29) is 0 Å². The van der Waals surface area contributed by atoms with Crippen LogP contribution in [0.2, 0.25) is 0 Å². The first-order chi connectivity index (χ1) is 8.26. The molecule has 1 rings (SSSR count). The summed E-state index contributed by atoms with van der Waals surface area (Å²) in [5.41, 5.74) is 0. The van der Waals surface area contributed by atoms with Crippen molar-refractivity contribution < 1.29 is 4.74 Å². The Morgan fingerprint density at radius 1 is 1.18 bits per heavy atom. The van der Waals surface area contributed by atoms with Gasteiger partial charge in [0.25, 0.3) is 0 Å². The van der Waals surface area contributed by atoms with Crippen molar-refractivity contribution in [2.75, 3.05) is 31.6 Å². The van der Waals surface area contributed by atoms with Crippen molar-refractivity contribution in [3.05, 3.63) is 28.7 Å². The first-order valence-electron chi connectivity index (χ1n) is 5.93. The van der Waals surface area contributed by atoms with E-state index >= 15 is 0 Å². The van der Waals surface area contributed by atoms with Gasteiger partial charge in [-0.2, -0.15) is 0 Å². The van der Waals surface area contributed by atoms with E-state index in [1.165, 1.54) is 6.42 Å². The molecule has 0 N–H and O–H groups in total. The molecule has 0 fully saturated rings. The summed E-state index contributed by atoms with van der Waals surface area (Å²) in [5.74, 6) is 0.935. The number of benzene rings is 1. The maximum atomic E-state index is 5.70. The maximum Gasteiger partial charge on any atom is 0.119 e. The minimum absolute atomic E-state index is 0.748. The van der Waals surface area contributed by atoms with Crippen molar-refractivity contribution in [2.24, 2.45) is 0 Å². The van der Waals surface area contributed by atoms with E-state index < -0.39 is 0 Å². The molecule has 0 radical (unpaired) electrons. The van der Waals surface area contributed by atoms with E-state index in [0.29, 0.717) is 0 Å². The molecule has 0 aromatic heterocycles. The maximum absolute atomic E-state index is 5.70. The highest BCUT2D eigenvalue weighted by atomic mass is 79.9. The zero-order chi connectivity index (χ0) is 12.5. The molecule has 4 heteroatoms. The molecule has 17 heavy (non-hydrogen) atoms. The summed E-state index contributed by atoms with van der Waals surface area (Å²) in [7, 11) is 0. The number of nitrogens with zero attached hydrogens (tertiary/aromatic N) is 1. The highest BCUT2D eigenvalue weighted by Crippen LogP contribution is 2.15. The molecule has 0 unspecified atom stereocenters. The minimum atomic E-state index is 0.748. The third-order valence-corrected chi connectivity index (χ3v) is 3.63. The van der Waals surface area contributed by atoms with Crippen molar-refractivity contribution in [3.63, 3.8) is 0 Å². The molecule has 0 spiro atoms. The van der Waals surface area contributed by atoms with Crippen LogP contribution in [0.1, 0.15) is 13.3 Å². The largest absolute Gasteiger partial charge is 0.492 e. The molecule has 0 amide bonds. The number of rotatable bonds is 8. The summed E-state index contributed by atoms with van der Waals surface area (Å²) in [5, 5.41) is 1.07. The molecule has 0 aliphatic heterocycles. The van der Waals surface area contributed by atoms with Crippen LogP contribution in [0.25, 0.3) is 0 Å². The Morgan fingerprint density at radius 2 is 1.88 bits per heavy atom. The van der Waals surface area contributed by atoms with E-state index in [1.807, 2.05) is 24.3 Å². The summed E-state index contributed by atoms with van der Waals surface area (Å²) in [6, 6.07) is 7.97. The average Bonchev–Trinajstić information content (AvgIpc) is 2.36. The molecular formula is C13H19Br2NO. The van der Waals surface area contributed by atoms with Gasteiger partial charge in [0, 0.05) is 16.3 Å². The van der Waals surface area contributed by atoms with Crippen LogP contribution in [-0.4, -0.2) is 36.5 Å². The first kappa shape index (κ1) is 15.0. The lowest BCUT2D eigenvalue weighted by atomic mass is 10.3. The van der Waals surface area contributed by atoms with E-state index in [9.17, 15) is 0 Å². The topological polar surface area (TPSA) is 12.5 Å².